The lowest BCUT2D eigenvalue weighted by Crippen LogP contribution is -2.38. The fraction of sp³-hybridized carbons (Fsp3) is 0.667. The molecule has 2 N–H and O–H groups in total. The van der Waals surface area contributed by atoms with E-state index >= 15 is 0 Å². The van der Waals surface area contributed by atoms with Gasteiger partial charge in [0.15, 0.2) is 5.96 Å². The molecule has 136 valence electrons. The summed E-state index contributed by atoms with van der Waals surface area (Å²) in [7, 11) is 0. The summed E-state index contributed by atoms with van der Waals surface area (Å²) in [6, 6.07) is 4.06. The van der Waals surface area contributed by atoms with E-state index in [1.807, 2.05) is 19.1 Å². The number of nitrogens with one attached hydrogen (secondary N) is 2. The summed E-state index contributed by atoms with van der Waals surface area (Å²) < 4.78 is 7.05. The highest BCUT2D eigenvalue weighted by Crippen LogP contribution is 2.04. The molecule has 0 unspecified atom stereocenters. The standard InChI is InChI=1S/C18H32N4O2/c1-3-19-18(21-13-16-22-14-9-10-15-22)20-12-8-6-5-7-11-17(23)24-4-2/h9-10,14-15H,3-8,11-13,16H2,1-2H3,(H2,19,20,21). The molecule has 1 rings (SSSR count). The highest BCUT2D eigenvalue weighted by Gasteiger charge is 2.01. The number of aliphatic imine (C=N–C) groups is 1. The van der Waals surface area contributed by atoms with Crippen molar-refractivity contribution in [3.63, 3.8) is 0 Å². The maximum atomic E-state index is 11.2. The summed E-state index contributed by atoms with van der Waals surface area (Å²) in [5, 5.41) is 6.61. The normalized spacial score (nSPS) is 11.3. The van der Waals surface area contributed by atoms with Crippen LogP contribution >= 0.6 is 0 Å². The number of hydrogen-bond donors (Lipinski definition) is 2. The van der Waals surface area contributed by atoms with E-state index in [-0.39, 0.29) is 5.97 Å². The Hall–Kier alpha value is -1.98. The van der Waals surface area contributed by atoms with Gasteiger partial charge in [0.2, 0.25) is 0 Å². The van der Waals surface area contributed by atoms with Crippen LogP contribution in [0.4, 0.5) is 0 Å². The summed E-state index contributed by atoms with van der Waals surface area (Å²) in [5.74, 6) is 0.785. The lowest BCUT2D eigenvalue weighted by Gasteiger charge is -2.11. The molecular formula is C18H32N4O2. The van der Waals surface area contributed by atoms with Gasteiger partial charge < -0.3 is 19.9 Å². The van der Waals surface area contributed by atoms with Gasteiger partial charge in [-0.1, -0.05) is 12.8 Å². The third-order valence-corrected chi connectivity index (χ3v) is 3.54. The summed E-state index contributed by atoms with van der Waals surface area (Å²) in [4.78, 5) is 15.8. The zero-order chi connectivity index (χ0) is 17.5. The molecule has 0 radical (unpaired) electrons. The molecule has 0 aliphatic carbocycles. The molecule has 0 saturated carbocycles. The topological polar surface area (TPSA) is 67.7 Å². The van der Waals surface area contributed by atoms with Crippen LogP contribution in [0, 0.1) is 0 Å². The van der Waals surface area contributed by atoms with Crippen LogP contribution in [0.2, 0.25) is 0 Å². The zero-order valence-electron chi connectivity index (χ0n) is 15.1. The number of hydrogen-bond acceptors (Lipinski definition) is 3. The molecule has 0 amide bonds. The molecule has 0 bridgehead atoms. The fourth-order valence-corrected chi connectivity index (χ4v) is 2.32. The molecule has 1 heterocycles. The molecule has 0 atom stereocenters. The van der Waals surface area contributed by atoms with Gasteiger partial charge in [-0.15, -0.1) is 0 Å². The first-order valence-corrected chi connectivity index (χ1v) is 9.04. The van der Waals surface area contributed by atoms with E-state index in [0.29, 0.717) is 13.0 Å². The minimum absolute atomic E-state index is 0.0863. The van der Waals surface area contributed by atoms with Gasteiger partial charge in [-0.2, -0.15) is 0 Å². The van der Waals surface area contributed by atoms with E-state index in [4.69, 9.17) is 4.74 Å². The number of aromatic nitrogens is 1. The smallest absolute Gasteiger partial charge is 0.305 e. The molecule has 0 fully saturated rings. The third-order valence-electron chi connectivity index (χ3n) is 3.54. The second kappa shape index (κ2) is 13.5. The second-order valence-electron chi connectivity index (χ2n) is 5.58. The first-order valence-electron chi connectivity index (χ1n) is 9.04. The van der Waals surface area contributed by atoms with Crippen LogP contribution in [0.5, 0.6) is 0 Å². The van der Waals surface area contributed by atoms with Crippen LogP contribution in [0.3, 0.4) is 0 Å². The van der Waals surface area contributed by atoms with Crippen molar-refractivity contribution in [3.05, 3.63) is 24.5 Å². The van der Waals surface area contributed by atoms with E-state index in [0.717, 1.165) is 57.8 Å². The molecule has 24 heavy (non-hydrogen) atoms. The Balaban J connectivity index is 2.10. The average molecular weight is 336 g/mol. The molecule has 1 aromatic rings. The number of unbranched alkanes of at least 4 members (excludes halogenated alkanes) is 3. The Kier molecular flexibility index (Phi) is 11.3. The summed E-state index contributed by atoms with van der Waals surface area (Å²) in [6.45, 7) is 7.81. The van der Waals surface area contributed by atoms with Gasteiger partial charge in [-0.3, -0.25) is 9.79 Å². The maximum absolute atomic E-state index is 11.2. The summed E-state index contributed by atoms with van der Waals surface area (Å²) in [5.41, 5.74) is 0. The van der Waals surface area contributed by atoms with Gasteiger partial charge in [0, 0.05) is 45.0 Å². The predicted octanol–water partition coefficient (Wildman–Crippen LogP) is 2.56. The minimum atomic E-state index is -0.0863. The number of esters is 1. The Morgan fingerprint density at radius 1 is 1.08 bits per heavy atom. The number of carbonyl (C=O) groups excluding carboxylic acids is 1. The molecule has 0 aromatic carbocycles. The molecule has 0 aliphatic heterocycles. The molecule has 0 saturated heterocycles. The van der Waals surface area contributed by atoms with Crippen molar-refractivity contribution in [2.45, 2.75) is 52.5 Å². The number of nitrogens with zero attached hydrogens (tertiary/aromatic N) is 2. The second-order valence-corrected chi connectivity index (χ2v) is 5.58. The predicted molar refractivity (Wildman–Crippen MR) is 98.1 cm³/mol. The molecule has 0 spiro atoms. The Morgan fingerprint density at radius 3 is 2.54 bits per heavy atom. The van der Waals surface area contributed by atoms with Gasteiger partial charge in [0.1, 0.15) is 0 Å². The number of guanidine groups is 1. The molecule has 0 aliphatic rings. The van der Waals surface area contributed by atoms with E-state index in [2.05, 4.69) is 39.5 Å². The fourth-order valence-electron chi connectivity index (χ4n) is 2.32. The van der Waals surface area contributed by atoms with E-state index < -0.39 is 0 Å². The number of carbonyl (C=O) groups is 1. The average Bonchev–Trinajstić information content (AvgIpc) is 3.07. The Labute approximate surface area is 145 Å². The summed E-state index contributed by atoms with van der Waals surface area (Å²) >= 11 is 0. The van der Waals surface area contributed by atoms with Crippen molar-refractivity contribution in [1.82, 2.24) is 15.2 Å². The van der Waals surface area contributed by atoms with Crippen molar-refractivity contribution in [1.29, 1.82) is 0 Å². The van der Waals surface area contributed by atoms with Crippen LogP contribution in [0.25, 0.3) is 0 Å². The molecule has 6 heteroatoms. The van der Waals surface area contributed by atoms with Crippen LogP contribution < -0.4 is 10.6 Å². The van der Waals surface area contributed by atoms with Gasteiger partial charge in [0.05, 0.1) is 6.61 Å². The lowest BCUT2D eigenvalue weighted by molar-refractivity contribution is -0.143. The van der Waals surface area contributed by atoms with Crippen molar-refractivity contribution in [3.8, 4) is 0 Å². The van der Waals surface area contributed by atoms with Gasteiger partial charge >= 0.3 is 5.97 Å². The summed E-state index contributed by atoms with van der Waals surface area (Å²) in [6.07, 6.45) is 8.72. The first kappa shape index (κ1) is 20.1. The van der Waals surface area contributed by atoms with E-state index in [9.17, 15) is 4.79 Å². The van der Waals surface area contributed by atoms with Gasteiger partial charge in [-0.05, 0) is 38.8 Å². The monoisotopic (exact) mass is 336 g/mol. The lowest BCUT2D eigenvalue weighted by atomic mass is 10.1. The Bertz CT molecular complexity index is 458. The largest absolute Gasteiger partial charge is 0.466 e. The van der Waals surface area contributed by atoms with Crippen LogP contribution in [0.1, 0.15) is 46.0 Å². The third kappa shape index (κ3) is 9.92. The highest BCUT2D eigenvalue weighted by molar-refractivity contribution is 5.79. The quantitative estimate of drug-likeness (QED) is 0.266. The first-order chi connectivity index (χ1) is 11.8. The number of ether oxygens (including phenoxy) is 1. The minimum Gasteiger partial charge on any atom is -0.466 e. The maximum Gasteiger partial charge on any atom is 0.305 e. The molecular weight excluding hydrogens is 304 g/mol. The van der Waals surface area contributed by atoms with Crippen molar-refractivity contribution in [2.24, 2.45) is 4.99 Å². The van der Waals surface area contributed by atoms with E-state index in [1.54, 1.807) is 0 Å². The van der Waals surface area contributed by atoms with Crippen LogP contribution in [-0.2, 0) is 16.1 Å². The molecule has 6 nitrogen and oxygen atoms in total. The molecule has 1 aromatic heterocycles. The Morgan fingerprint density at radius 2 is 1.83 bits per heavy atom. The van der Waals surface area contributed by atoms with Crippen LogP contribution in [-0.4, -0.2) is 42.7 Å². The highest BCUT2D eigenvalue weighted by atomic mass is 16.5. The van der Waals surface area contributed by atoms with Crippen molar-refractivity contribution in [2.75, 3.05) is 26.2 Å². The van der Waals surface area contributed by atoms with E-state index in [1.165, 1.54) is 0 Å². The number of rotatable bonds is 12. The van der Waals surface area contributed by atoms with Crippen LogP contribution in [0.15, 0.2) is 29.5 Å². The van der Waals surface area contributed by atoms with Crippen molar-refractivity contribution < 1.29 is 9.53 Å². The van der Waals surface area contributed by atoms with Gasteiger partial charge in [0.25, 0.3) is 0 Å². The zero-order valence-corrected chi connectivity index (χ0v) is 15.1. The van der Waals surface area contributed by atoms with Gasteiger partial charge in [-0.25, -0.2) is 0 Å². The SMILES string of the molecule is CCNC(=NCCCCCCC(=O)OCC)NCCn1cccc1. The van der Waals surface area contributed by atoms with Crippen molar-refractivity contribution >= 4 is 11.9 Å².